The van der Waals surface area contributed by atoms with Crippen molar-refractivity contribution in [3.05, 3.63) is 78.3 Å². The zero-order chi connectivity index (χ0) is 19.9. The third kappa shape index (κ3) is 4.85. The third-order valence-corrected chi connectivity index (χ3v) is 3.85. The topological polar surface area (TPSA) is 100 Å². The summed E-state index contributed by atoms with van der Waals surface area (Å²) in [6, 6.07) is 16.6. The average Bonchev–Trinajstić information content (AvgIpc) is 3.23. The van der Waals surface area contributed by atoms with Gasteiger partial charge < -0.3 is 20.4 Å². The van der Waals surface area contributed by atoms with Crippen LogP contribution >= 0.6 is 0 Å². The third-order valence-electron chi connectivity index (χ3n) is 3.85. The molecule has 3 rings (SSSR count). The van der Waals surface area contributed by atoms with Gasteiger partial charge in [-0.3, -0.25) is 14.4 Å². The fourth-order valence-corrected chi connectivity index (χ4v) is 2.47. The number of anilines is 3. The van der Waals surface area contributed by atoms with Crippen molar-refractivity contribution in [2.24, 2.45) is 0 Å². The second-order valence-electron chi connectivity index (χ2n) is 5.95. The number of benzene rings is 2. The molecule has 0 radical (unpaired) electrons. The fourth-order valence-electron chi connectivity index (χ4n) is 2.47. The monoisotopic (exact) mass is 377 g/mol. The molecule has 3 aromatic rings. The highest BCUT2D eigenvalue weighted by Gasteiger charge is 2.11. The van der Waals surface area contributed by atoms with E-state index in [9.17, 15) is 14.4 Å². The van der Waals surface area contributed by atoms with E-state index in [0.29, 0.717) is 29.0 Å². The fraction of sp³-hybridized carbons (Fsp3) is 0.0952. The van der Waals surface area contributed by atoms with Crippen LogP contribution in [0.25, 0.3) is 0 Å². The number of hydrogen-bond acceptors (Lipinski definition) is 4. The van der Waals surface area contributed by atoms with Gasteiger partial charge in [-0.2, -0.15) is 0 Å². The van der Waals surface area contributed by atoms with Crippen LogP contribution in [0.2, 0.25) is 0 Å². The van der Waals surface area contributed by atoms with E-state index < -0.39 is 5.91 Å². The lowest BCUT2D eigenvalue weighted by Crippen LogP contribution is -2.15. The molecule has 142 valence electrons. The lowest BCUT2D eigenvalue weighted by molar-refractivity contribution is -0.115. The van der Waals surface area contributed by atoms with Crippen molar-refractivity contribution >= 4 is 34.8 Å². The number of rotatable bonds is 6. The Morgan fingerprint density at radius 2 is 1.43 bits per heavy atom. The molecular weight excluding hydrogens is 358 g/mol. The summed E-state index contributed by atoms with van der Waals surface area (Å²) in [5, 5.41) is 8.20. The molecule has 7 heteroatoms. The summed E-state index contributed by atoms with van der Waals surface area (Å²) in [4.78, 5) is 36.1. The molecule has 0 aliphatic heterocycles. The van der Waals surface area contributed by atoms with Gasteiger partial charge in [0, 0.05) is 29.0 Å². The Balaban J connectivity index is 1.68. The van der Waals surface area contributed by atoms with E-state index in [-0.39, 0.29) is 17.6 Å². The van der Waals surface area contributed by atoms with Crippen molar-refractivity contribution in [3.8, 4) is 0 Å². The second kappa shape index (κ2) is 8.68. The largest absolute Gasteiger partial charge is 0.459 e. The first kappa shape index (κ1) is 18.9. The summed E-state index contributed by atoms with van der Waals surface area (Å²) in [5.74, 6) is -0.667. The number of carbonyl (C=O) groups excluding carboxylic acids is 3. The summed E-state index contributed by atoms with van der Waals surface area (Å²) >= 11 is 0. The molecule has 28 heavy (non-hydrogen) atoms. The molecule has 0 fully saturated rings. The zero-order valence-corrected chi connectivity index (χ0v) is 15.2. The highest BCUT2D eigenvalue weighted by Crippen LogP contribution is 2.18. The molecule has 0 saturated carbocycles. The first-order chi connectivity index (χ1) is 13.5. The van der Waals surface area contributed by atoms with Crippen molar-refractivity contribution in [1.29, 1.82) is 0 Å². The van der Waals surface area contributed by atoms with E-state index in [2.05, 4.69) is 16.0 Å². The molecular formula is C21H19N3O4. The second-order valence-corrected chi connectivity index (χ2v) is 5.95. The Morgan fingerprint density at radius 3 is 2.11 bits per heavy atom. The van der Waals surface area contributed by atoms with E-state index in [1.54, 1.807) is 67.6 Å². The van der Waals surface area contributed by atoms with Crippen LogP contribution in [0, 0.1) is 0 Å². The van der Waals surface area contributed by atoms with Gasteiger partial charge in [0.1, 0.15) is 0 Å². The van der Waals surface area contributed by atoms with Crippen LogP contribution in [0.1, 0.15) is 34.3 Å². The average molecular weight is 377 g/mol. The zero-order valence-electron chi connectivity index (χ0n) is 15.2. The van der Waals surface area contributed by atoms with Gasteiger partial charge in [-0.25, -0.2) is 0 Å². The quantitative estimate of drug-likeness (QED) is 0.601. The predicted molar refractivity (Wildman–Crippen MR) is 106 cm³/mol. The maximum absolute atomic E-state index is 12.5. The van der Waals surface area contributed by atoms with Crippen molar-refractivity contribution in [3.63, 3.8) is 0 Å². The van der Waals surface area contributed by atoms with Crippen molar-refractivity contribution in [2.45, 2.75) is 13.3 Å². The Hall–Kier alpha value is -3.87. The Kier molecular flexibility index (Phi) is 5.86. The minimum absolute atomic E-state index is 0.108. The molecule has 2 aromatic carbocycles. The van der Waals surface area contributed by atoms with Gasteiger partial charge in [0.25, 0.3) is 11.8 Å². The molecule has 0 aliphatic carbocycles. The summed E-state index contributed by atoms with van der Waals surface area (Å²) < 4.78 is 5.05. The number of nitrogens with one attached hydrogen (secondary N) is 3. The van der Waals surface area contributed by atoms with Crippen LogP contribution in [-0.4, -0.2) is 17.7 Å². The van der Waals surface area contributed by atoms with E-state index in [1.165, 1.54) is 6.26 Å². The molecule has 0 saturated heterocycles. The van der Waals surface area contributed by atoms with Gasteiger partial charge in [0.2, 0.25) is 5.91 Å². The Morgan fingerprint density at radius 1 is 0.786 bits per heavy atom. The minimum Gasteiger partial charge on any atom is -0.459 e. The van der Waals surface area contributed by atoms with Gasteiger partial charge in [0.15, 0.2) is 5.76 Å². The summed E-state index contributed by atoms with van der Waals surface area (Å²) in [6.45, 7) is 1.76. The molecule has 0 atom stereocenters. The molecule has 0 unspecified atom stereocenters. The number of furan rings is 1. The first-order valence-electron chi connectivity index (χ1n) is 8.71. The molecule has 0 aliphatic rings. The molecule has 0 bridgehead atoms. The van der Waals surface area contributed by atoms with Crippen LogP contribution in [0.4, 0.5) is 17.1 Å². The molecule has 1 heterocycles. The molecule has 3 amide bonds. The molecule has 7 nitrogen and oxygen atoms in total. The molecule has 1 aromatic heterocycles. The number of amides is 3. The van der Waals surface area contributed by atoms with Crippen LogP contribution < -0.4 is 16.0 Å². The SMILES string of the molecule is CCC(=O)Nc1cccc(NC(=O)c2cccc(NC(=O)c3ccco3)c2)c1. The maximum Gasteiger partial charge on any atom is 0.291 e. The summed E-state index contributed by atoms with van der Waals surface area (Å²) in [7, 11) is 0. The van der Waals surface area contributed by atoms with Gasteiger partial charge in [-0.15, -0.1) is 0 Å². The van der Waals surface area contributed by atoms with Crippen molar-refractivity contribution < 1.29 is 18.8 Å². The standard InChI is InChI=1S/C21H19N3O4/c1-2-19(25)22-16-8-4-9-17(13-16)23-20(26)14-6-3-7-15(12-14)24-21(27)18-10-5-11-28-18/h3-13H,2H2,1H3,(H,22,25)(H,23,26)(H,24,27). The molecule has 3 N–H and O–H groups in total. The normalized spacial score (nSPS) is 10.2. The van der Waals surface area contributed by atoms with Crippen LogP contribution in [0.5, 0.6) is 0 Å². The van der Waals surface area contributed by atoms with Crippen molar-refractivity contribution in [2.75, 3.05) is 16.0 Å². The highest BCUT2D eigenvalue weighted by molar-refractivity contribution is 6.07. The highest BCUT2D eigenvalue weighted by atomic mass is 16.3. The van der Waals surface area contributed by atoms with Crippen LogP contribution in [-0.2, 0) is 4.79 Å². The van der Waals surface area contributed by atoms with E-state index in [1.807, 2.05) is 0 Å². The van der Waals surface area contributed by atoms with Gasteiger partial charge in [-0.1, -0.05) is 19.1 Å². The Bertz CT molecular complexity index is 996. The van der Waals surface area contributed by atoms with E-state index in [0.717, 1.165) is 0 Å². The predicted octanol–water partition coefficient (Wildman–Crippen LogP) is 4.13. The van der Waals surface area contributed by atoms with Crippen LogP contribution in [0.3, 0.4) is 0 Å². The van der Waals surface area contributed by atoms with E-state index in [4.69, 9.17) is 4.42 Å². The van der Waals surface area contributed by atoms with Gasteiger partial charge >= 0.3 is 0 Å². The van der Waals surface area contributed by atoms with Crippen LogP contribution in [0.15, 0.2) is 71.3 Å². The van der Waals surface area contributed by atoms with E-state index >= 15 is 0 Å². The smallest absolute Gasteiger partial charge is 0.291 e. The lowest BCUT2D eigenvalue weighted by Gasteiger charge is -2.09. The lowest BCUT2D eigenvalue weighted by atomic mass is 10.1. The number of hydrogen-bond donors (Lipinski definition) is 3. The minimum atomic E-state index is -0.401. The maximum atomic E-state index is 12.5. The summed E-state index contributed by atoms with van der Waals surface area (Å²) in [6.07, 6.45) is 1.78. The van der Waals surface area contributed by atoms with Gasteiger partial charge in [0.05, 0.1) is 6.26 Å². The van der Waals surface area contributed by atoms with Gasteiger partial charge in [-0.05, 0) is 48.5 Å². The first-order valence-corrected chi connectivity index (χ1v) is 8.71. The van der Waals surface area contributed by atoms with Crippen molar-refractivity contribution in [1.82, 2.24) is 0 Å². The number of carbonyl (C=O) groups is 3. The molecule has 0 spiro atoms. The summed E-state index contributed by atoms with van der Waals surface area (Å²) in [5.41, 5.74) is 1.99. The Labute approximate surface area is 161 Å².